The van der Waals surface area contributed by atoms with E-state index in [1.165, 1.54) is 4.88 Å². The standard InChI is InChI=1S/C13H21BrN2OS/c1-13(2,16-3-5-17-6-4-16)12(15)8-11-7-10(14)9-18-11/h7,9,12H,3-6,8,15H2,1-2H3. The molecule has 102 valence electrons. The van der Waals surface area contributed by atoms with Crippen LogP contribution in [-0.2, 0) is 11.2 Å². The topological polar surface area (TPSA) is 38.5 Å². The van der Waals surface area contributed by atoms with Gasteiger partial charge in [0.05, 0.1) is 13.2 Å². The molecule has 0 bridgehead atoms. The van der Waals surface area contributed by atoms with Gasteiger partial charge in [0.1, 0.15) is 0 Å². The fourth-order valence-corrected chi connectivity index (χ4v) is 3.81. The maximum atomic E-state index is 6.43. The quantitative estimate of drug-likeness (QED) is 0.920. The highest BCUT2D eigenvalue weighted by Gasteiger charge is 2.34. The van der Waals surface area contributed by atoms with Crippen molar-refractivity contribution in [1.29, 1.82) is 0 Å². The van der Waals surface area contributed by atoms with E-state index < -0.39 is 0 Å². The molecule has 1 aliphatic heterocycles. The molecule has 1 unspecified atom stereocenters. The van der Waals surface area contributed by atoms with E-state index >= 15 is 0 Å². The lowest BCUT2D eigenvalue weighted by Gasteiger charge is -2.44. The van der Waals surface area contributed by atoms with Crippen molar-refractivity contribution in [2.45, 2.75) is 31.8 Å². The Morgan fingerprint density at radius 1 is 1.50 bits per heavy atom. The second-order valence-electron chi connectivity index (χ2n) is 5.29. The summed E-state index contributed by atoms with van der Waals surface area (Å²) < 4.78 is 6.56. The molecule has 2 heterocycles. The summed E-state index contributed by atoms with van der Waals surface area (Å²) in [5, 5.41) is 2.11. The van der Waals surface area contributed by atoms with Crippen LogP contribution in [-0.4, -0.2) is 42.8 Å². The van der Waals surface area contributed by atoms with Gasteiger partial charge >= 0.3 is 0 Å². The molecule has 2 N–H and O–H groups in total. The molecule has 1 atom stereocenters. The molecule has 0 aliphatic carbocycles. The first-order chi connectivity index (χ1) is 8.50. The smallest absolute Gasteiger partial charge is 0.0594 e. The first kappa shape index (κ1) is 14.5. The minimum Gasteiger partial charge on any atom is -0.379 e. The number of halogens is 1. The molecule has 1 aromatic heterocycles. The predicted molar refractivity (Wildman–Crippen MR) is 80.2 cm³/mol. The number of ether oxygens (including phenoxy) is 1. The number of rotatable bonds is 4. The van der Waals surface area contributed by atoms with Gasteiger partial charge in [-0.15, -0.1) is 11.3 Å². The summed E-state index contributed by atoms with van der Waals surface area (Å²) in [5.74, 6) is 0. The van der Waals surface area contributed by atoms with Crippen molar-refractivity contribution in [2.24, 2.45) is 5.73 Å². The van der Waals surface area contributed by atoms with Crippen molar-refractivity contribution in [3.8, 4) is 0 Å². The molecule has 2 rings (SSSR count). The van der Waals surface area contributed by atoms with E-state index in [4.69, 9.17) is 10.5 Å². The summed E-state index contributed by atoms with van der Waals surface area (Å²) in [4.78, 5) is 3.79. The van der Waals surface area contributed by atoms with Crippen LogP contribution in [0.5, 0.6) is 0 Å². The van der Waals surface area contributed by atoms with Crippen LogP contribution in [0.4, 0.5) is 0 Å². The molecule has 0 amide bonds. The van der Waals surface area contributed by atoms with Gasteiger partial charge in [-0.05, 0) is 42.3 Å². The van der Waals surface area contributed by atoms with Crippen LogP contribution in [0, 0.1) is 0 Å². The average Bonchev–Trinajstić information content (AvgIpc) is 2.76. The van der Waals surface area contributed by atoms with E-state index in [1.807, 2.05) is 0 Å². The number of nitrogens with two attached hydrogens (primary N) is 1. The lowest BCUT2D eigenvalue weighted by atomic mass is 9.90. The molecule has 3 nitrogen and oxygen atoms in total. The third kappa shape index (κ3) is 3.33. The lowest BCUT2D eigenvalue weighted by molar-refractivity contribution is -0.0185. The highest BCUT2D eigenvalue weighted by molar-refractivity contribution is 9.10. The molecule has 0 spiro atoms. The highest BCUT2D eigenvalue weighted by atomic mass is 79.9. The lowest BCUT2D eigenvalue weighted by Crippen LogP contribution is -2.59. The zero-order chi connectivity index (χ0) is 13.2. The minimum absolute atomic E-state index is 0.0141. The number of morpholine rings is 1. The number of hydrogen-bond acceptors (Lipinski definition) is 4. The molecular formula is C13H21BrN2OS. The zero-order valence-electron chi connectivity index (χ0n) is 11.0. The average molecular weight is 333 g/mol. The second-order valence-corrected chi connectivity index (χ2v) is 7.21. The monoisotopic (exact) mass is 332 g/mol. The van der Waals surface area contributed by atoms with E-state index in [2.05, 4.69) is 46.1 Å². The van der Waals surface area contributed by atoms with Crippen molar-refractivity contribution in [3.63, 3.8) is 0 Å². The molecule has 0 radical (unpaired) electrons. The summed E-state index contributed by atoms with van der Waals surface area (Å²) in [6.45, 7) is 8.09. The molecule has 0 saturated carbocycles. The van der Waals surface area contributed by atoms with Crippen molar-refractivity contribution in [1.82, 2.24) is 4.90 Å². The summed E-state index contributed by atoms with van der Waals surface area (Å²) in [7, 11) is 0. The Morgan fingerprint density at radius 2 is 2.17 bits per heavy atom. The van der Waals surface area contributed by atoms with E-state index in [9.17, 15) is 0 Å². The van der Waals surface area contributed by atoms with Gasteiger partial charge in [0.2, 0.25) is 0 Å². The Labute approximate surface area is 121 Å². The van der Waals surface area contributed by atoms with Gasteiger partial charge < -0.3 is 10.5 Å². The van der Waals surface area contributed by atoms with E-state index in [0.29, 0.717) is 0 Å². The molecule has 18 heavy (non-hydrogen) atoms. The molecule has 1 aliphatic rings. The molecule has 0 aromatic carbocycles. The minimum atomic E-state index is 0.0141. The summed E-state index contributed by atoms with van der Waals surface area (Å²) in [6.07, 6.45) is 0.931. The van der Waals surface area contributed by atoms with Gasteiger partial charge in [-0.3, -0.25) is 4.90 Å². The normalized spacial score (nSPS) is 20.0. The fraction of sp³-hybridized carbons (Fsp3) is 0.692. The van der Waals surface area contributed by atoms with Crippen molar-refractivity contribution < 1.29 is 4.74 Å². The van der Waals surface area contributed by atoms with Gasteiger partial charge in [-0.25, -0.2) is 0 Å². The van der Waals surface area contributed by atoms with E-state index in [-0.39, 0.29) is 11.6 Å². The number of nitrogens with zero attached hydrogens (tertiary/aromatic N) is 1. The van der Waals surface area contributed by atoms with Gasteiger partial charge in [-0.2, -0.15) is 0 Å². The summed E-state index contributed by atoms with van der Waals surface area (Å²) >= 11 is 5.26. The molecule has 1 fully saturated rings. The first-order valence-electron chi connectivity index (χ1n) is 6.31. The molecular weight excluding hydrogens is 312 g/mol. The highest BCUT2D eigenvalue weighted by Crippen LogP contribution is 2.26. The molecule has 5 heteroatoms. The maximum absolute atomic E-state index is 6.43. The molecule has 1 aromatic rings. The van der Waals surface area contributed by atoms with Crippen molar-refractivity contribution in [3.05, 3.63) is 20.8 Å². The third-order valence-corrected chi connectivity index (χ3v) is 5.50. The Bertz CT molecular complexity index is 388. The predicted octanol–water partition coefficient (Wildman–Crippen LogP) is 2.49. The number of thiophene rings is 1. The van der Waals surface area contributed by atoms with Gasteiger partial charge in [0.15, 0.2) is 0 Å². The van der Waals surface area contributed by atoms with Gasteiger partial charge in [0, 0.05) is 39.4 Å². The fourth-order valence-electron chi connectivity index (χ4n) is 2.30. The third-order valence-electron chi connectivity index (χ3n) is 3.78. The summed E-state index contributed by atoms with van der Waals surface area (Å²) in [5.41, 5.74) is 6.45. The van der Waals surface area contributed by atoms with Crippen LogP contribution in [0.2, 0.25) is 0 Å². The first-order valence-corrected chi connectivity index (χ1v) is 7.98. The van der Waals surface area contributed by atoms with Crippen LogP contribution in [0.25, 0.3) is 0 Å². The Morgan fingerprint density at radius 3 is 2.72 bits per heavy atom. The van der Waals surface area contributed by atoms with Crippen LogP contribution in [0.1, 0.15) is 18.7 Å². The van der Waals surface area contributed by atoms with Crippen LogP contribution in [0.3, 0.4) is 0 Å². The van der Waals surface area contributed by atoms with Gasteiger partial charge in [0.25, 0.3) is 0 Å². The maximum Gasteiger partial charge on any atom is 0.0594 e. The van der Waals surface area contributed by atoms with Crippen LogP contribution in [0.15, 0.2) is 15.9 Å². The Kier molecular flexibility index (Phi) is 4.83. The van der Waals surface area contributed by atoms with E-state index in [1.54, 1.807) is 11.3 Å². The van der Waals surface area contributed by atoms with Gasteiger partial charge in [-0.1, -0.05) is 0 Å². The van der Waals surface area contributed by atoms with Crippen LogP contribution >= 0.6 is 27.3 Å². The zero-order valence-corrected chi connectivity index (χ0v) is 13.4. The Balaban J connectivity index is 1.99. The SMILES string of the molecule is CC(C)(C(N)Cc1cc(Br)cs1)N1CCOCC1. The second kappa shape index (κ2) is 6.01. The molecule has 1 saturated heterocycles. The number of hydrogen-bond donors (Lipinski definition) is 1. The largest absolute Gasteiger partial charge is 0.379 e. The Hall–Kier alpha value is 0.0600. The van der Waals surface area contributed by atoms with Crippen LogP contribution < -0.4 is 5.73 Å². The van der Waals surface area contributed by atoms with Crippen molar-refractivity contribution >= 4 is 27.3 Å². The van der Waals surface area contributed by atoms with Crippen molar-refractivity contribution in [2.75, 3.05) is 26.3 Å². The van der Waals surface area contributed by atoms with E-state index in [0.717, 1.165) is 37.2 Å². The summed E-state index contributed by atoms with van der Waals surface area (Å²) in [6, 6.07) is 2.31.